The molecule has 4 nitrogen and oxygen atoms in total. The molecule has 70 heavy (non-hydrogen) atoms. The van der Waals surface area contributed by atoms with Crippen molar-refractivity contribution in [3.8, 4) is 11.1 Å². The van der Waals surface area contributed by atoms with Crippen molar-refractivity contribution in [2.45, 2.75) is 110 Å². The van der Waals surface area contributed by atoms with Crippen LogP contribution in [0.3, 0.4) is 0 Å². The van der Waals surface area contributed by atoms with Crippen molar-refractivity contribution in [3.63, 3.8) is 0 Å². The van der Waals surface area contributed by atoms with Crippen LogP contribution in [0.25, 0.3) is 33.1 Å². The Kier molecular flexibility index (Phi) is 9.24. The Bertz CT molecular complexity index is 3610. The molecule has 5 heteroatoms. The van der Waals surface area contributed by atoms with Crippen molar-refractivity contribution in [1.82, 2.24) is 0 Å². The highest BCUT2D eigenvalue weighted by molar-refractivity contribution is 7.00. The Balaban J connectivity index is 1.14. The predicted molar refractivity (Wildman–Crippen MR) is 298 cm³/mol. The second-order valence-corrected chi connectivity index (χ2v) is 23.3. The van der Waals surface area contributed by atoms with Crippen LogP contribution in [0.4, 0.5) is 45.5 Å². The van der Waals surface area contributed by atoms with E-state index in [1.54, 1.807) is 0 Å². The van der Waals surface area contributed by atoms with Crippen molar-refractivity contribution >= 4 is 90.5 Å². The van der Waals surface area contributed by atoms with E-state index >= 15 is 0 Å². The molecule has 4 heterocycles. The summed E-state index contributed by atoms with van der Waals surface area (Å²) in [6.07, 6.45) is 4.84. The first-order chi connectivity index (χ1) is 33.6. The normalized spacial score (nSPS) is 19.3. The van der Waals surface area contributed by atoms with Crippen LogP contribution < -0.4 is 31.1 Å². The quantitative estimate of drug-likeness (QED) is 0.164. The maximum atomic E-state index is 6.62. The lowest BCUT2D eigenvalue weighted by Crippen LogP contribution is -2.61. The lowest BCUT2D eigenvalue weighted by Gasteiger charge is -2.50. The van der Waals surface area contributed by atoms with Crippen molar-refractivity contribution in [3.05, 3.63) is 186 Å². The summed E-state index contributed by atoms with van der Waals surface area (Å²) in [6, 6.07) is 62.5. The van der Waals surface area contributed by atoms with Gasteiger partial charge in [-0.05, 0) is 148 Å². The van der Waals surface area contributed by atoms with Gasteiger partial charge >= 0.3 is 0 Å². The fourth-order valence-electron chi connectivity index (χ4n) is 13.3. The van der Waals surface area contributed by atoms with Crippen molar-refractivity contribution in [1.29, 1.82) is 0 Å². The van der Waals surface area contributed by atoms with Gasteiger partial charge in [0.05, 0.1) is 22.3 Å². The summed E-state index contributed by atoms with van der Waals surface area (Å²) in [4.78, 5) is 7.98. The van der Waals surface area contributed by atoms with Gasteiger partial charge in [-0.1, -0.05) is 158 Å². The maximum Gasteiger partial charge on any atom is 0.252 e. The summed E-state index contributed by atoms with van der Waals surface area (Å²) >= 11 is 0. The number of furan rings is 1. The number of fused-ring (bicyclic) bond motifs is 10. The summed E-state index contributed by atoms with van der Waals surface area (Å²) in [7, 11) is 0. The fraction of sp³-hybridized carbons (Fsp3) is 0.262. The number of hydrogen-bond donors (Lipinski definition) is 0. The molecule has 0 amide bonds. The molecule has 0 radical (unpaired) electrons. The third-order valence-corrected chi connectivity index (χ3v) is 17.1. The highest BCUT2D eigenvalue weighted by atomic mass is 16.3. The molecule has 8 aromatic carbocycles. The zero-order chi connectivity index (χ0) is 48.1. The number of anilines is 8. The molecule has 2 unspecified atom stereocenters. The lowest BCUT2D eigenvalue weighted by atomic mass is 9.33. The summed E-state index contributed by atoms with van der Waals surface area (Å²) < 4.78 is 6.62. The van der Waals surface area contributed by atoms with Crippen LogP contribution in [0.5, 0.6) is 0 Å². The van der Waals surface area contributed by atoms with Gasteiger partial charge in [-0.15, -0.1) is 0 Å². The highest BCUT2D eigenvalue weighted by Crippen LogP contribution is 2.61. The number of rotatable bonds is 4. The number of nitrogens with zero attached hydrogens (tertiary/aromatic N) is 3. The van der Waals surface area contributed by atoms with Crippen LogP contribution in [0.15, 0.2) is 168 Å². The maximum absolute atomic E-state index is 6.62. The molecule has 3 aliphatic heterocycles. The third kappa shape index (κ3) is 6.09. The molecule has 346 valence electrons. The summed E-state index contributed by atoms with van der Waals surface area (Å²) in [5, 5.41) is 2.26. The molecule has 9 aromatic rings. The average Bonchev–Trinajstić information content (AvgIpc) is 3.83. The molecule has 0 saturated heterocycles. The average molecular weight is 912 g/mol. The Morgan fingerprint density at radius 2 is 1.16 bits per heavy atom. The molecule has 0 N–H and O–H groups in total. The second-order valence-electron chi connectivity index (χ2n) is 23.3. The van der Waals surface area contributed by atoms with Gasteiger partial charge < -0.3 is 19.1 Å². The number of hydrogen-bond acceptors (Lipinski definition) is 4. The topological polar surface area (TPSA) is 22.9 Å². The molecule has 1 aromatic heterocycles. The van der Waals surface area contributed by atoms with Crippen LogP contribution in [0.1, 0.15) is 103 Å². The second kappa shape index (κ2) is 15.0. The molecule has 4 aliphatic rings. The number of benzene rings is 8. The van der Waals surface area contributed by atoms with Gasteiger partial charge in [-0.3, -0.25) is 0 Å². The first kappa shape index (κ1) is 43.1. The zero-order valence-corrected chi connectivity index (χ0v) is 42.2. The number of para-hydroxylation sites is 2. The van der Waals surface area contributed by atoms with Gasteiger partial charge in [0.2, 0.25) is 0 Å². The lowest BCUT2D eigenvalue weighted by molar-refractivity contribution is 0.195. The van der Waals surface area contributed by atoms with Gasteiger partial charge in [0.1, 0.15) is 11.2 Å². The predicted octanol–water partition coefficient (Wildman–Crippen LogP) is 16.0. The molecular weight excluding hydrogens is 850 g/mol. The SMILES string of the molecule is Cc1cc2c3c(c1)N(c1cccc4oc5ccccc5c14)c1ccc(C(C)(C)C)cc1B3c1ccc(N3c4ccccc4C4(C)CCCCC34C)cc1N2c1ccc(C(C)(C)C)cc1-c1ccccc1. The minimum absolute atomic E-state index is 0.0323. The van der Waals surface area contributed by atoms with E-state index in [0.717, 1.165) is 34.0 Å². The van der Waals surface area contributed by atoms with Gasteiger partial charge in [0, 0.05) is 50.5 Å². The Labute approximate surface area is 414 Å². The van der Waals surface area contributed by atoms with E-state index in [4.69, 9.17) is 4.42 Å². The third-order valence-electron chi connectivity index (χ3n) is 17.1. The molecule has 1 saturated carbocycles. The minimum atomic E-state index is -0.0777. The Morgan fingerprint density at radius 1 is 0.514 bits per heavy atom. The van der Waals surface area contributed by atoms with Crippen LogP contribution >= 0.6 is 0 Å². The van der Waals surface area contributed by atoms with Crippen molar-refractivity contribution < 1.29 is 4.42 Å². The summed E-state index contributed by atoms with van der Waals surface area (Å²) in [5.41, 5.74) is 23.2. The van der Waals surface area contributed by atoms with Crippen molar-refractivity contribution in [2.75, 3.05) is 14.7 Å². The van der Waals surface area contributed by atoms with Gasteiger partial charge in [0.25, 0.3) is 6.71 Å². The highest BCUT2D eigenvalue weighted by Gasteiger charge is 2.58. The van der Waals surface area contributed by atoms with Gasteiger partial charge in [-0.2, -0.15) is 0 Å². The molecule has 0 spiro atoms. The standard InChI is InChI=1S/C65H62BN3O/c1-41-36-56-61-57(37-41)68(54-25-19-27-59-60(54)46-22-13-16-26-58(46)70-59)53-33-29-44(63(5,6)7)39-50(53)66(61)49-31-30-45(69-52-24-15-14-23-48(52)64(8)34-17-18-35-65(64,69)9)40-55(49)67(56)51-32-28-43(62(2,3)4)38-47(51)42-20-11-10-12-21-42/h10-16,19-33,36-40H,17-18,34-35H2,1-9H3. The van der Waals surface area contributed by atoms with E-state index in [1.165, 1.54) is 109 Å². The van der Waals surface area contributed by atoms with E-state index < -0.39 is 0 Å². The van der Waals surface area contributed by atoms with E-state index in [9.17, 15) is 0 Å². The van der Waals surface area contributed by atoms with E-state index in [-0.39, 0.29) is 28.5 Å². The zero-order valence-electron chi connectivity index (χ0n) is 42.2. The van der Waals surface area contributed by atoms with Crippen molar-refractivity contribution in [2.24, 2.45) is 0 Å². The summed E-state index contributed by atoms with van der Waals surface area (Å²) in [5.74, 6) is 0. The molecule has 1 aliphatic carbocycles. The van der Waals surface area contributed by atoms with Crippen LogP contribution in [0.2, 0.25) is 0 Å². The molecular formula is C65H62BN3O. The Morgan fingerprint density at radius 3 is 1.93 bits per heavy atom. The molecule has 2 atom stereocenters. The molecule has 13 rings (SSSR count). The first-order valence-corrected chi connectivity index (χ1v) is 25.7. The number of aryl methyl sites for hydroxylation is 1. The Hall–Kier alpha value is -6.98. The van der Waals surface area contributed by atoms with Gasteiger partial charge in [0.15, 0.2) is 0 Å². The van der Waals surface area contributed by atoms with E-state index in [0.29, 0.717) is 0 Å². The van der Waals surface area contributed by atoms with E-state index in [2.05, 4.69) is 241 Å². The molecule has 1 fully saturated rings. The minimum Gasteiger partial charge on any atom is -0.456 e. The van der Waals surface area contributed by atoms with Gasteiger partial charge in [-0.25, -0.2) is 0 Å². The van der Waals surface area contributed by atoms with Crippen LogP contribution in [0, 0.1) is 6.92 Å². The largest absolute Gasteiger partial charge is 0.456 e. The fourth-order valence-corrected chi connectivity index (χ4v) is 13.3. The molecule has 0 bridgehead atoms. The first-order valence-electron chi connectivity index (χ1n) is 25.7. The van der Waals surface area contributed by atoms with E-state index in [1.807, 2.05) is 0 Å². The smallest absolute Gasteiger partial charge is 0.252 e. The summed E-state index contributed by atoms with van der Waals surface area (Å²) in [6.45, 7) is 21.4. The monoisotopic (exact) mass is 911 g/mol. The van der Waals surface area contributed by atoms with Crippen LogP contribution in [-0.2, 0) is 16.2 Å². The van der Waals surface area contributed by atoms with Crippen LogP contribution in [-0.4, -0.2) is 12.3 Å².